The second-order valence-corrected chi connectivity index (χ2v) is 6.22. The van der Waals surface area contributed by atoms with Crippen molar-refractivity contribution >= 4 is 17.2 Å². The van der Waals surface area contributed by atoms with Gasteiger partial charge in [-0.15, -0.1) is 11.3 Å². The molecule has 0 bridgehead atoms. The Bertz CT molecular complexity index is 823. The van der Waals surface area contributed by atoms with Crippen LogP contribution in [0.5, 0.6) is 0 Å². The van der Waals surface area contributed by atoms with Crippen molar-refractivity contribution < 1.29 is 9.18 Å². The lowest BCUT2D eigenvalue weighted by molar-refractivity contribution is 0.0955. The molecule has 4 heteroatoms. The number of carbonyl (C=O) groups is 1. The van der Waals surface area contributed by atoms with Gasteiger partial charge in [0.05, 0.1) is 4.88 Å². The fraction of sp³-hybridized carbons (Fsp3) is 0.105. The lowest BCUT2D eigenvalue weighted by atomic mass is 10.0. The van der Waals surface area contributed by atoms with E-state index < -0.39 is 0 Å². The van der Waals surface area contributed by atoms with Crippen molar-refractivity contribution in [3.8, 4) is 11.1 Å². The van der Waals surface area contributed by atoms with E-state index in [0.717, 1.165) is 11.1 Å². The smallest absolute Gasteiger partial charge is 0.262 e. The van der Waals surface area contributed by atoms with Gasteiger partial charge < -0.3 is 5.32 Å². The predicted molar refractivity (Wildman–Crippen MR) is 92.1 cm³/mol. The maximum atomic E-state index is 13.6. The van der Waals surface area contributed by atoms with Gasteiger partial charge in [0, 0.05) is 17.7 Å². The van der Waals surface area contributed by atoms with Crippen LogP contribution in [-0.2, 0) is 6.54 Å². The molecule has 0 aliphatic heterocycles. The van der Waals surface area contributed by atoms with Gasteiger partial charge in [-0.05, 0) is 30.0 Å². The number of nitrogens with one attached hydrogen (secondary N) is 1. The number of hydrogen-bond donors (Lipinski definition) is 1. The summed E-state index contributed by atoms with van der Waals surface area (Å²) in [5.41, 5.74) is 3.57. The van der Waals surface area contributed by atoms with Crippen LogP contribution in [0.1, 0.15) is 20.8 Å². The fourth-order valence-corrected chi connectivity index (χ4v) is 3.18. The zero-order valence-electron chi connectivity index (χ0n) is 12.7. The van der Waals surface area contributed by atoms with E-state index in [4.69, 9.17) is 0 Å². The lowest BCUT2D eigenvalue weighted by Gasteiger charge is -2.07. The largest absolute Gasteiger partial charge is 0.347 e. The van der Waals surface area contributed by atoms with E-state index in [9.17, 15) is 9.18 Å². The van der Waals surface area contributed by atoms with Crippen LogP contribution < -0.4 is 5.32 Å². The molecule has 0 unspecified atom stereocenters. The van der Waals surface area contributed by atoms with Gasteiger partial charge in [-0.1, -0.05) is 48.0 Å². The zero-order valence-corrected chi connectivity index (χ0v) is 13.5. The van der Waals surface area contributed by atoms with E-state index in [1.165, 1.54) is 23.0 Å². The molecule has 3 rings (SSSR count). The molecule has 0 saturated heterocycles. The van der Waals surface area contributed by atoms with Crippen LogP contribution in [0.4, 0.5) is 4.39 Å². The van der Waals surface area contributed by atoms with Crippen LogP contribution in [0, 0.1) is 12.7 Å². The third kappa shape index (κ3) is 3.48. The number of benzene rings is 2. The number of amides is 1. The highest BCUT2D eigenvalue weighted by atomic mass is 32.1. The summed E-state index contributed by atoms with van der Waals surface area (Å²) in [5, 5.41) is 4.69. The highest BCUT2D eigenvalue weighted by Crippen LogP contribution is 2.28. The minimum Gasteiger partial charge on any atom is -0.347 e. The van der Waals surface area contributed by atoms with Gasteiger partial charge in [-0.25, -0.2) is 4.39 Å². The van der Waals surface area contributed by atoms with Crippen LogP contribution in [-0.4, -0.2) is 5.91 Å². The van der Waals surface area contributed by atoms with E-state index >= 15 is 0 Å². The molecule has 0 spiro atoms. The van der Waals surface area contributed by atoms with E-state index in [0.29, 0.717) is 10.4 Å². The van der Waals surface area contributed by atoms with E-state index in [2.05, 4.69) is 5.32 Å². The monoisotopic (exact) mass is 325 g/mol. The van der Waals surface area contributed by atoms with E-state index in [1.807, 2.05) is 42.6 Å². The summed E-state index contributed by atoms with van der Waals surface area (Å²) >= 11 is 1.39. The minimum atomic E-state index is -0.308. The summed E-state index contributed by atoms with van der Waals surface area (Å²) in [6.07, 6.45) is 0. The molecule has 116 valence electrons. The first kappa shape index (κ1) is 15.4. The third-order valence-electron chi connectivity index (χ3n) is 3.63. The van der Waals surface area contributed by atoms with Crippen molar-refractivity contribution in [2.75, 3.05) is 0 Å². The van der Waals surface area contributed by atoms with Crippen molar-refractivity contribution in [2.24, 2.45) is 0 Å². The molecule has 1 amide bonds. The van der Waals surface area contributed by atoms with Crippen LogP contribution in [0.3, 0.4) is 0 Å². The van der Waals surface area contributed by atoms with Gasteiger partial charge in [-0.3, -0.25) is 4.79 Å². The Balaban J connectivity index is 1.77. The minimum absolute atomic E-state index is 0.177. The molecule has 0 saturated carbocycles. The molecular formula is C19H16FNOS. The standard InChI is InChI=1S/C19H16FNOS/c1-13-6-8-14(9-7-13)16-10-11-23-18(16)19(22)21-12-15-4-2-3-5-17(15)20/h2-11H,12H2,1H3,(H,21,22). The molecule has 1 N–H and O–H groups in total. The topological polar surface area (TPSA) is 29.1 Å². The quantitative estimate of drug-likeness (QED) is 0.734. The molecule has 0 fully saturated rings. The summed E-state index contributed by atoms with van der Waals surface area (Å²) in [5.74, 6) is -0.489. The molecular weight excluding hydrogens is 309 g/mol. The maximum absolute atomic E-state index is 13.6. The number of rotatable bonds is 4. The average Bonchev–Trinajstić information content (AvgIpc) is 3.04. The summed E-state index contributed by atoms with van der Waals surface area (Å²) in [6.45, 7) is 2.20. The van der Waals surface area contributed by atoms with Crippen molar-refractivity contribution in [1.82, 2.24) is 5.32 Å². The van der Waals surface area contributed by atoms with Gasteiger partial charge in [0.1, 0.15) is 5.82 Å². The fourth-order valence-electron chi connectivity index (χ4n) is 2.34. The first-order valence-corrected chi connectivity index (χ1v) is 8.19. The van der Waals surface area contributed by atoms with Crippen LogP contribution in [0.15, 0.2) is 60.0 Å². The van der Waals surface area contributed by atoms with Gasteiger partial charge in [0.15, 0.2) is 0 Å². The molecule has 23 heavy (non-hydrogen) atoms. The summed E-state index contributed by atoms with van der Waals surface area (Å²) < 4.78 is 13.6. The molecule has 1 aromatic heterocycles. The van der Waals surface area contributed by atoms with E-state index in [1.54, 1.807) is 18.2 Å². The van der Waals surface area contributed by atoms with Gasteiger partial charge >= 0.3 is 0 Å². The molecule has 2 nitrogen and oxygen atoms in total. The Morgan fingerprint density at radius 2 is 1.83 bits per heavy atom. The molecule has 0 aliphatic rings. The normalized spacial score (nSPS) is 10.5. The van der Waals surface area contributed by atoms with Crippen molar-refractivity contribution in [2.45, 2.75) is 13.5 Å². The SMILES string of the molecule is Cc1ccc(-c2ccsc2C(=O)NCc2ccccc2F)cc1. The number of hydrogen-bond acceptors (Lipinski definition) is 2. The second kappa shape index (κ2) is 6.75. The van der Waals surface area contributed by atoms with Gasteiger partial charge in [0.2, 0.25) is 0 Å². The number of thiophene rings is 1. The molecule has 0 atom stereocenters. The van der Waals surface area contributed by atoms with Crippen molar-refractivity contribution in [3.63, 3.8) is 0 Å². The first-order chi connectivity index (χ1) is 11.1. The summed E-state index contributed by atoms with van der Waals surface area (Å²) in [6, 6.07) is 16.4. The van der Waals surface area contributed by atoms with Crippen molar-refractivity contribution in [3.05, 3.63) is 81.8 Å². The Labute approximate surface area is 138 Å². The molecule has 3 aromatic rings. The zero-order chi connectivity index (χ0) is 16.2. The highest BCUT2D eigenvalue weighted by Gasteiger charge is 2.14. The number of halogens is 1. The number of aryl methyl sites for hydroxylation is 1. The predicted octanol–water partition coefficient (Wildman–Crippen LogP) is 4.79. The maximum Gasteiger partial charge on any atom is 0.262 e. The van der Waals surface area contributed by atoms with Gasteiger partial charge in [-0.2, -0.15) is 0 Å². The lowest BCUT2D eigenvalue weighted by Crippen LogP contribution is -2.22. The van der Waals surface area contributed by atoms with Crippen LogP contribution in [0.2, 0.25) is 0 Å². The summed E-state index contributed by atoms with van der Waals surface area (Å²) in [4.78, 5) is 13.1. The molecule has 2 aromatic carbocycles. The average molecular weight is 325 g/mol. The Hall–Kier alpha value is -2.46. The van der Waals surface area contributed by atoms with Crippen LogP contribution >= 0.6 is 11.3 Å². The summed E-state index contributed by atoms with van der Waals surface area (Å²) in [7, 11) is 0. The molecule has 0 aliphatic carbocycles. The highest BCUT2D eigenvalue weighted by molar-refractivity contribution is 7.12. The molecule has 0 radical (unpaired) electrons. The third-order valence-corrected chi connectivity index (χ3v) is 4.54. The number of carbonyl (C=O) groups excluding carboxylic acids is 1. The second-order valence-electron chi connectivity index (χ2n) is 5.30. The van der Waals surface area contributed by atoms with Crippen molar-refractivity contribution in [1.29, 1.82) is 0 Å². The Morgan fingerprint density at radius 3 is 2.57 bits per heavy atom. The Morgan fingerprint density at radius 1 is 1.09 bits per heavy atom. The first-order valence-electron chi connectivity index (χ1n) is 7.31. The molecule has 1 heterocycles. The van der Waals surface area contributed by atoms with Crippen LogP contribution in [0.25, 0.3) is 11.1 Å². The van der Waals surface area contributed by atoms with E-state index in [-0.39, 0.29) is 18.3 Å². The Kier molecular flexibility index (Phi) is 4.53. The van der Waals surface area contributed by atoms with Gasteiger partial charge in [0.25, 0.3) is 5.91 Å².